The topological polar surface area (TPSA) is 104 Å². The number of nitrogens with zero attached hydrogens (tertiary/aromatic N) is 1. The van der Waals surface area contributed by atoms with Crippen molar-refractivity contribution in [3.8, 4) is 5.75 Å². The predicted molar refractivity (Wildman–Crippen MR) is 144 cm³/mol. The Morgan fingerprint density at radius 2 is 1.92 bits per heavy atom. The van der Waals surface area contributed by atoms with E-state index >= 15 is 0 Å². The van der Waals surface area contributed by atoms with Crippen LogP contribution in [0.5, 0.6) is 5.75 Å². The first-order chi connectivity index (χ1) is 18.1. The van der Waals surface area contributed by atoms with Crippen molar-refractivity contribution in [3.05, 3.63) is 71.3 Å². The number of amides is 1. The van der Waals surface area contributed by atoms with Crippen LogP contribution < -0.4 is 0 Å². The number of hydrogen-bond donors (Lipinski definition) is 2. The summed E-state index contributed by atoms with van der Waals surface area (Å²) in [6, 6.07) is 12.1. The third-order valence-electron chi connectivity index (χ3n) is 9.40. The molecule has 0 spiro atoms. The Labute approximate surface area is 225 Å². The molecule has 3 aliphatic rings. The molecule has 0 bridgehead atoms. The normalized spacial score (nSPS) is 30.4. The Bertz CT molecular complexity index is 1340. The summed E-state index contributed by atoms with van der Waals surface area (Å²) in [5, 5.41) is 21.4. The highest BCUT2D eigenvalue weighted by Crippen LogP contribution is 2.62. The molecule has 2 N–H and O–H groups in total. The molecule has 1 amide bonds. The molecular weight excluding hydrogens is 502 g/mol. The summed E-state index contributed by atoms with van der Waals surface area (Å²) in [7, 11) is -2.93. The number of sulfonamides is 1. The number of aromatic hydroxyl groups is 1. The van der Waals surface area contributed by atoms with Crippen molar-refractivity contribution in [3.63, 3.8) is 0 Å². The number of carbonyl (C=O) groups excluding carboxylic acids is 1. The van der Waals surface area contributed by atoms with E-state index in [1.807, 2.05) is 19.1 Å². The van der Waals surface area contributed by atoms with Crippen molar-refractivity contribution in [1.82, 2.24) is 4.31 Å². The molecule has 38 heavy (non-hydrogen) atoms. The lowest BCUT2D eigenvalue weighted by Gasteiger charge is -2.50. The minimum Gasteiger partial charge on any atom is -0.508 e. The smallest absolute Gasteiger partial charge is 0.423 e. The summed E-state index contributed by atoms with van der Waals surface area (Å²) in [5.41, 5.74) is 3.29. The molecule has 204 valence electrons. The molecule has 0 saturated heterocycles. The lowest BCUT2D eigenvalue weighted by Crippen LogP contribution is -2.44. The average molecular weight is 540 g/mol. The Morgan fingerprint density at radius 1 is 1.18 bits per heavy atom. The predicted octanol–water partition coefficient (Wildman–Crippen LogP) is 5.16. The zero-order chi connectivity index (χ0) is 27.2. The van der Waals surface area contributed by atoms with Gasteiger partial charge in [-0.25, -0.2) is 13.2 Å². The van der Waals surface area contributed by atoms with Gasteiger partial charge in [0.2, 0.25) is 0 Å². The second-order valence-corrected chi connectivity index (χ2v) is 13.3. The van der Waals surface area contributed by atoms with E-state index in [2.05, 4.69) is 13.0 Å². The second-order valence-electron chi connectivity index (χ2n) is 11.4. The van der Waals surface area contributed by atoms with Gasteiger partial charge in [0.05, 0.1) is 24.7 Å². The van der Waals surface area contributed by atoms with Crippen LogP contribution in [0.1, 0.15) is 55.2 Å². The number of aliphatic hydroxyl groups excluding tert-OH is 1. The Balaban J connectivity index is 1.34. The summed E-state index contributed by atoms with van der Waals surface area (Å²) in [6.45, 7) is 3.89. The number of methoxy groups -OCH3 is 1. The van der Waals surface area contributed by atoms with E-state index in [0.29, 0.717) is 23.5 Å². The van der Waals surface area contributed by atoms with Crippen molar-refractivity contribution in [2.75, 3.05) is 13.7 Å². The zero-order valence-corrected chi connectivity index (χ0v) is 23.0. The van der Waals surface area contributed by atoms with Crippen LogP contribution in [0.15, 0.2) is 59.5 Å². The molecule has 2 saturated carbocycles. The van der Waals surface area contributed by atoms with E-state index in [-0.39, 0.29) is 22.8 Å². The number of phenols is 1. The number of ether oxygens (including phenoxy) is 1. The van der Waals surface area contributed by atoms with Gasteiger partial charge in [0.1, 0.15) is 5.75 Å². The maximum absolute atomic E-state index is 13.2. The summed E-state index contributed by atoms with van der Waals surface area (Å²) in [4.78, 5) is 12.5. The van der Waals surface area contributed by atoms with Gasteiger partial charge in [-0.2, -0.15) is 4.31 Å². The highest BCUT2D eigenvalue weighted by molar-refractivity contribution is 7.89. The monoisotopic (exact) mass is 539 g/mol. The number of rotatable bonds is 5. The number of benzene rings is 2. The average Bonchev–Trinajstić information content (AvgIpc) is 3.16. The van der Waals surface area contributed by atoms with E-state index in [1.54, 1.807) is 24.3 Å². The number of fused-ring (bicyclic) bond motifs is 5. The van der Waals surface area contributed by atoms with E-state index in [0.717, 1.165) is 49.1 Å². The summed E-state index contributed by atoms with van der Waals surface area (Å²) >= 11 is 0. The molecule has 0 radical (unpaired) electrons. The van der Waals surface area contributed by atoms with Crippen LogP contribution in [-0.4, -0.2) is 48.8 Å². The van der Waals surface area contributed by atoms with E-state index in [1.165, 1.54) is 23.3 Å². The van der Waals surface area contributed by atoms with Gasteiger partial charge in [0.25, 0.3) is 10.0 Å². The lowest BCUT2D eigenvalue weighted by atomic mass is 9.55. The molecule has 2 fully saturated rings. The van der Waals surface area contributed by atoms with Crippen LogP contribution in [0.3, 0.4) is 0 Å². The summed E-state index contributed by atoms with van der Waals surface area (Å²) in [5.74, 6) is 1.44. The third-order valence-corrected chi connectivity index (χ3v) is 11.1. The van der Waals surface area contributed by atoms with Gasteiger partial charge in [-0.3, -0.25) is 0 Å². The molecule has 0 aromatic heterocycles. The summed E-state index contributed by atoms with van der Waals surface area (Å²) < 4.78 is 31.9. The van der Waals surface area contributed by atoms with Crippen LogP contribution in [0.2, 0.25) is 0 Å². The molecule has 0 aliphatic heterocycles. The zero-order valence-electron chi connectivity index (χ0n) is 22.2. The number of aryl methyl sites for hydroxylation is 2. The second kappa shape index (κ2) is 10.0. The van der Waals surface area contributed by atoms with Crippen molar-refractivity contribution in [1.29, 1.82) is 0 Å². The molecule has 5 rings (SSSR count). The molecule has 0 heterocycles. The first-order valence-electron chi connectivity index (χ1n) is 13.4. The van der Waals surface area contributed by atoms with Crippen molar-refractivity contribution in [2.24, 2.45) is 23.2 Å². The molecule has 7 nitrogen and oxygen atoms in total. The first kappa shape index (κ1) is 26.8. The number of aliphatic hydroxyl groups is 1. The van der Waals surface area contributed by atoms with Crippen LogP contribution in [0, 0.1) is 30.1 Å². The Morgan fingerprint density at radius 3 is 2.63 bits per heavy atom. The van der Waals surface area contributed by atoms with E-state index in [9.17, 15) is 23.4 Å². The standard InChI is InChI=1S/C30H37NO6S/c1-19-6-10-23(11-7-19)38(35,36)31(29(34)37-3)16-4-5-21-18-27-26-12-8-20-17-22(32)9-13-24(20)25(26)14-15-30(27,2)28(21)33/h4-7,9-11,13,17,21,25-28,32-33H,8,12,14-16,18H2,1-3H3/b5-4+/t21-,25-,26-,27+,28+,30+/m1/s1. The highest BCUT2D eigenvalue weighted by atomic mass is 32.2. The van der Waals surface area contributed by atoms with Gasteiger partial charge in [0.15, 0.2) is 0 Å². The van der Waals surface area contributed by atoms with Crippen LogP contribution >= 0.6 is 0 Å². The Hall–Kier alpha value is -2.84. The maximum atomic E-state index is 13.2. The van der Waals surface area contributed by atoms with Gasteiger partial charge < -0.3 is 14.9 Å². The van der Waals surface area contributed by atoms with Crippen LogP contribution in [0.4, 0.5) is 4.79 Å². The Kier molecular flexibility index (Phi) is 7.07. The maximum Gasteiger partial charge on any atom is 0.423 e. The molecule has 8 heteroatoms. The van der Waals surface area contributed by atoms with Crippen LogP contribution in [0.25, 0.3) is 0 Å². The van der Waals surface area contributed by atoms with Gasteiger partial charge >= 0.3 is 6.09 Å². The fraction of sp³-hybridized carbons (Fsp3) is 0.500. The fourth-order valence-electron chi connectivity index (χ4n) is 7.36. The SMILES string of the molecule is COC(=O)N(C/C=C/[C@@H]1C[C@H]2[C@@H]3CCc4cc(O)ccc4[C@H]3CC[C@]2(C)[C@H]1O)S(=O)(=O)c1ccc(C)cc1. The molecular formula is C30H37NO6S. The molecule has 3 aliphatic carbocycles. The largest absolute Gasteiger partial charge is 0.508 e. The quantitative estimate of drug-likeness (QED) is 0.509. The van der Waals surface area contributed by atoms with Gasteiger partial charge in [-0.1, -0.05) is 42.8 Å². The molecule has 6 atom stereocenters. The minimum atomic E-state index is -4.09. The minimum absolute atomic E-state index is 0.0262. The van der Waals surface area contributed by atoms with Crippen LogP contribution in [-0.2, 0) is 21.2 Å². The van der Waals surface area contributed by atoms with Gasteiger partial charge in [-0.05, 0) is 97.6 Å². The molecule has 2 aromatic carbocycles. The molecule has 2 aromatic rings. The third kappa shape index (κ3) is 4.51. The molecule has 0 unspecified atom stereocenters. The van der Waals surface area contributed by atoms with E-state index in [4.69, 9.17) is 4.74 Å². The van der Waals surface area contributed by atoms with Gasteiger partial charge in [0, 0.05) is 5.92 Å². The number of phenolic OH excluding ortho intramolecular Hbond substituents is 1. The first-order valence-corrected chi connectivity index (χ1v) is 14.8. The number of carbonyl (C=O) groups is 1. The van der Waals surface area contributed by atoms with Crippen molar-refractivity contribution >= 4 is 16.1 Å². The fourth-order valence-corrected chi connectivity index (χ4v) is 8.65. The lowest BCUT2D eigenvalue weighted by molar-refractivity contribution is -0.0285. The van der Waals surface area contributed by atoms with Crippen molar-refractivity contribution < 1.29 is 28.2 Å². The highest BCUT2D eigenvalue weighted by Gasteiger charge is 2.57. The van der Waals surface area contributed by atoms with Crippen molar-refractivity contribution in [2.45, 2.75) is 62.9 Å². The number of hydrogen-bond acceptors (Lipinski definition) is 6. The summed E-state index contributed by atoms with van der Waals surface area (Å²) in [6.07, 6.45) is 6.80. The van der Waals surface area contributed by atoms with Gasteiger partial charge in [-0.15, -0.1) is 0 Å². The van der Waals surface area contributed by atoms with E-state index < -0.39 is 22.2 Å².